The lowest BCUT2D eigenvalue weighted by molar-refractivity contribution is -0.158. The number of nitrogens with one attached hydrogen (secondary N) is 1. The summed E-state index contributed by atoms with van der Waals surface area (Å²) >= 11 is 0. The normalized spacial score (nSPS) is 15.8. The Hall–Kier alpha value is -2.77. The molecule has 1 aliphatic rings. The predicted octanol–water partition coefficient (Wildman–Crippen LogP) is 3.60. The van der Waals surface area contributed by atoms with E-state index in [2.05, 4.69) is 5.32 Å². The third kappa shape index (κ3) is 6.93. The lowest BCUT2D eigenvalue weighted by atomic mass is 9.97. The Morgan fingerprint density at radius 1 is 1.17 bits per heavy atom. The monoisotopic (exact) mass is 420 g/mol. The van der Waals surface area contributed by atoms with E-state index in [9.17, 15) is 14.4 Å². The van der Waals surface area contributed by atoms with Crippen molar-refractivity contribution >= 4 is 23.7 Å². The number of benzene rings is 1. The summed E-state index contributed by atoms with van der Waals surface area (Å²) in [5, 5.41) is 2.74. The van der Waals surface area contributed by atoms with Crippen LogP contribution in [0.3, 0.4) is 0 Å². The number of piperidine rings is 1. The number of likely N-dealkylation sites (tertiary alicyclic amines) is 1. The molecule has 1 aliphatic heterocycles. The number of esters is 1. The summed E-state index contributed by atoms with van der Waals surface area (Å²) in [6.45, 7) is 10.1. The van der Waals surface area contributed by atoms with Crippen molar-refractivity contribution in [3.63, 3.8) is 0 Å². The lowest BCUT2D eigenvalue weighted by Gasteiger charge is -2.32. The number of carbonyl (C=O) groups is 3. The van der Waals surface area contributed by atoms with Crippen LogP contribution in [-0.2, 0) is 19.1 Å². The first-order valence-electron chi connectivity index (χ1n) is 10.3. The number of hydrogen-bond donors (Lipinski definition) is 1. The highest BCUT2D eigenvalue weighted by Gasteiger charge is 2.32. The Morgan fingerprint density at radius 3 is 2.40 bits per heavy atom. The number of para-hydroxylation sites is 2. The summed E-state index contributed by atoms with van der Waals surface area (Å²) < 4.78 is 16.2. The predicted molar refractivity (Wildman–Crippen MR) is 112 cm³/mol. The molecule has 1 aromatic carbocycles. The van der Waals surface area contributed by atoms with E-state index in [1.165, 1.54) is 6.92 Å². The second-order valence-corrected chi connectivity index (χ2v) is 8.24. The molecule has 0 aliphatic carbocycles. The fourth-order valence-electron chi connectivity index (χ4n) is 3.03. The summed E-state index contributed by atoms with van der Waals surface area (Å²) in [6.07, 6.45) is -0.384. The van der Waals surface area contributed by atoms with Gasteiger partial charge in [-0.15, -0.1) is 0 Å². The minimum atomic E-state index is -0.948. The van der Waals surface area contributed by atoms with Crippen molar-refractivity contribution in [3.05, 3.63) is 24.3 Å². The SMILES string of the molecule is CCOc1ccccc1NC(=O)[C@@H](C)OC(=O)C1CCN(C(=O)OC(C)(C)C)CC1. The molecule has 0 spiro atoms. The van der Waals surface area contributed by atoms with Crippen LogP contribution in [0, 0.1) is 5.92 Å². The van der Waals surface area contributed by atoms with Gasteiger partial charge in [0.15, 0.2) is 6.10 Å². The molecule has 1 atom stereocenters. The molecular weight excluding hydrogens is 388 g/mol. The molecule has 8 heteroatoms. The molecule has 2 rings (SSSR count). The van der Waals surface area contributed by atoms with E-state index < -0.39 is 23.6 Å². The van der Waals surface area contributed by atoms with Gasteiger partial charge in [0, 0.05) is 13.1 Å². The number of ether oxygens (including phenoxy) is 3. The van der Waals surface area contributed by atoms with E-state index in [4.69, 9.17) is 14.2 Å². The molecule has 0 saturated carbocycles. The molecule has 0 radical (unpaired) electrons. The van der Waals surface area contributed by atoms with Crippen molar-refractivity contribution < 1.29 is 28.6 Å². The summed E-state index contributed by atoms with van der Waals surface area (Å²) in [5.74, 6) is -0.655. The van der Waals surface area contributed by atoms with Gasteiger partial charge in [0.25, 0.3) is 5.91 Å². The molecule has 1 heterocycles. The highest BCUT2D eigenvalue weighted by molar-refractivity contribution is 5.96. The number of amides is 2. The number of carbonyl (C=O) groups excluding carboxylic acids is 3. The quantitative estimate of drug-likeness (QED) is 0.707. The Labute approximate surface area is 177 Å². The summed E-state index contributed by atoms with van der Waals surface area (Å²) in [5.41, 5.74) is -0.0332. The minimum Gasteiger partial charge on any atom is -0.492 e. The minimum absolute atomic E-state index is 0.352. The van der Waals surface area contributed by atoms with Gasteiger partial charge in [0.2, 0.25) is 0 Å². The second kappa shape index (κ2) is 10.3. The third-order valence-corrected chi connectivity index (χ3v) is 4.59. The largest absolute Gasteiger partial charge is 0.492 e. The Kier molecular flexibility index (Phi) is 8.08. The molecule has 8 nitrogen and oxygen atoms in total. The molecular formula is C22H32N2O6. The maximum absolute atomic E-state index is 12.5. The van der Waals surface area contributed by atoms with Gasteiger partial charge >= 0.3 is 12.1 Å². The topological polar surface area (TPSA) is 94.2 Å². The van der Waals surface area contributed by atoms with Gasteiger partial charge in [-0.25, -0.2) is 4.79 Å². The van der Waals surface area contributed by atoms with Crippen molar-refractivity contribution in [2.75, 3.05) is 25.0 Å². The highest BCUT2D eigenvalue weighted by Crippen LogP contribution is 2.25. The molecule has 0 bridgehead atoms. The van der Waals surface area contributed by atoms with Crippen molar-refractivity contribution in [1.29, 1.82) is 0 Å². The van der Waals surface area contributed by atoms with Gasteiger partial charge in [-0.1, -0.05) is 12.1 Å². The maximum Gasteiger partial charge on any atom is 0.410 e. The van der Waals surface area contributed by atoms with Crippen molar-refractivity contribution in [1.82, 2.24) is 4.90 Å². The van der Waals surface area contributed by atoms with E-state index >= 15 is 0 Å². The zero-order chi connectivity index (χ0) is 22.3. The van der Waals surface area contributed by atoms with Crippen LogP contribution in [0.1, 0.15) is 47.5 Å². The fraction of sp³-hybridized carbons (Fsp3) is 0.591. The summed E-state index contributed by atoms with van der Waals surface area (Å²) in [6, 6.07) is 7.08. The standard InChI is InChI=1S/C22H32N2O6/c1-6-28-18-10-8-7-9-17(18)23-19(25)15(2)29-20(26)16-11-13-24(14-12-16)21(27)30-22(3,4)5/h7-10,15-16H,6,11-14H2,1-5H3,(H,23,25)/t15-/m1/s1. The van der Waals surface area contributed by atoms with E-state index in [-0.39, 0.29) is 12.0 Å². The van der Waals surface area contributed by atoms with Gasteiger partial charge in [-0.2, -0.15) is 0 Å². The average Bonchev–Trinajstić information content (AvgIpc) is 2.68. The molecule has 1 N–H and O–H groups in total. The molecule has 0 unspecified atom stereocenters. The molecule has 1 fully saturated rings. The van der Waals surface area contributed by atoms with E-state index in [0.717, 1.165) is 0 Å². The Morgan fingerprint density at radius 2 is 1.80 bits per heavy atom. The van der Waals surface area contributed by atoms with E-state index in [1.807, 2.05) is 33.8 Å². The van der Waals surface area contributed by atoms with Crippen LogP contribution >= 0.6 is 0 Å². The molecule has 0 aromatic heterocycles. The number of rotatable bonds is 6. The van der Waals surface area contributed by atoms with Gasteiger partial charge in [0.1, 0.15) is 11.4 Å². The molecule has 2 amide bonds. The van der Waals surface area contributed by atoms with Gasteiger partial charge < -0.3 is 24.4 Å². The zero-order valence-electron chi connectivity index (χ0n) is 18.4. The lowest BCUT2D eigenvalue weighted by Crippen LogP contribution is -2.43. The van der Waals surface area contributed by atoms with Gasteiger partial charge in [-0.3, -0.25) is 9.59 Å². The number of hydrogen-bond acceptors (Lipinski definition) is 6. The Bertz CT molecular complexity index is 750. The van der Waals surface area contributed by atoms with Gasteiger partial charge in [-0.05, 0) is 59.6 Å². The highest BCUT2D eigenvalue weighted by atomic mass is 16.6. The first kappa shape index (κ1) is 23.5. The van der Waals surface area contributed by atoms with Crippen LogP contribution in [0.2, 0.25) is 0 Å². The molecule has 1 aromatic rings. The van der Waals surface area contributed by atoms with Crippen LogP contribution in [-0.4, -0.2) is 54.3 Å². The van der Waals surface area contributed by atoms with Crippen molar-refractivity contribution in [2.24, 2.45) is 5.92 Å². The third-order valence-electron chi connectivity index (χ3n) is 4.59. The average molecular weight is 421 g/mol. The van der Waals surface area contributed by atoms with E-state index in [1.54, 1.807) is 23.1 Å². The molecule has 30 heavy (non-hydrogen) atoms. The van der Waals surface area contributed by atoms with Gasteiger partial charge in [0.05, 0.1) is 18.2 Å². The van der Waals surface area contributed by atoms with E-state index in [0.29, 0.717) is 44.0 Å². The smallest absolute Gasteiger partial charge is 0.410 e. The van der Waals surface area contributed by atoms with Crippen LogP contribution in [0.4, 0.5) is 10.5 Å². The van der Waals surface area contributed by atoms with Crippen molar-refractivity contribution in [3.8, 4) is 5.75 Å². The zero-order valence-corrected chi connectivity index (χ0v) is 18.4. The first-order chi connectivity index (χ1) is 14.1. The first-order valence-corrected chi connectivity index (χ1v) is 10.3. The second-order valence-electron chi connectivity index (χ2n) is 8.24. The number of anilines is 1. The van der Waals surface area contributed by atoms with Crippen LogP contribution < -0.4 is 10.1 Å². The molecule has 166 valence electrons. The maximum atomic E-state index is 12.5. The Balaban J connectivity index is 1.83. The van der Waals surface area contributed by atoms with Crippen molar-refractivity contribution in [2.45, 2.75) is 59.2 Å². The van der Waals surface area contributed by atoms with Crippen LogP contribution in [0.5, 0.6) is 5.75 Å². The van der Waals surface area contributed by atoms with Crippen LogP contribution in [0.15, 0.2) is 24.3 Å². The summed E-state index contributed by atoms with van der Waals surface area (Å²) in [7, 11) is 0. The molecule has 1 saturated heterocycles. The summed E-state index contributed by atoms with van der Waals surface area (Å²) in [4.78, 5) is 38.6. The van der Waals surface area contributed by atoms with Crippen LogP contribution in [0.25, 0.3) is 0 Å². The number of nitrogens with zero attached hydrogens (tertiary/aromatic N) is 1. The fourth-order valence-corrected chi connectivity index (χ4v) is 3.03.